The third kappa shape index (κ3) is 3.52. The topological polar surface area (TPSA) is 90.5 Å². The van der Waals surface area contributed by atoms with E-state index in [4.69, 9.17) is 0 Å². The van der Waals surface area contributed by atoms with Crippen molar-refractivity contribution < 1.29 is 4.79 Å². The van der Waals surface area contributed by atoms with Gasteiger partial charge in [-0.3, -0.25) is 4.79 Å². The molecule has 1 amide bonds. The highest BCUT2D eigenvalue weighted by atomic mass is 16.2. The van der Waals surface area contributed by atoms with Gasteiger partial charge in [0.25, 0.3) is 5.91 Å². The average molecular weight is 373 g/mol. The minimum Gasteiger partial charge on any atom is -0.347 e. The van der Waals surface area contributed by atoms with E-state index in [-0.39, 0.29) is 5.91 Å². The maximum Gasteiger partial charge on any atom is 0.274 e. The SMILES string of the molecule is Cc1ccc(-n2nnc(C(=O)NCc3ccc(-n4cncn4)cc3)c2C)cc1. The molecule has 2 aromatic heterocycles. The molecule has 8 nitrogen and oxygen atoms in total. The largest absolute Gasteiger partial charge is 0.347 e. The van der Waals surface area contributed by atoms with Crippen LogP contribution in [0.4, 0.5) is 0 Å². The van der Waals surface area contributed by atoms with E-state index in [0.29, 0.717) is 17.9 Å². The Bertz CT molecular complexity index is 1080. The zero-order chi connectivity index (χ0) is 19.5. The quantitative estimate of drug-likeness (QED) is 0.580. The summed E-state index contributed by atoms with van der Waals surface area (Å²) < 4.78 is 3.34. The molecule has 2 heterocycles. The zero-order valence-corrected chi connectivity index (χ0v) is 15.6. The molecular formula is C20H19N7O. The van der Waals surface area contributed by atoms with Crippen molar-refractivity contribution in [3.63, 3.8) is 0 Å². The zero-order valence-electron chi connectivity index (χ0n) is 15.6. The van der Waals surface area contributed by atoms with E-state index in [1.807, 2.05) is 62.4 Å². The van der Waals surface area contributed by atoms with Gasteiger partial charge in [0.05, 0.1) is 17.1 Å². The molecule has 0 unspecified atom stereocenters. The molecule has 0 radical (unpaired) electrons. The van der Waals surface area contributed by atoms with Crippen LogP contribution in [0, 0.1) is 13.8 Å². The van der Waals surface area contributed by atoms with Crippen LogP contribution in [-0.4, -0.2) is 35.7 Å². The highest BCUT2D eigenvalue weighted by Crippen LogP contribution is 2.13. The van der Waals surface area contributed by atoms with Crippen molar-refractivity contribution >= 4 is 5.91 Å². The number of hydrogen-bond acceptors (Lipinski definition) is 5. The second kappa shape index (κ2) is 7.43. The molecule has 0 bridgehead atoms. The van der Waals surface area contributed by atoms with Crippen LogP contribution in [0.2, 0.25) is 0 Å². The lowest BCUT2D eigenvalue weighted by Gasteiger charge is -2.06. The van der Waals surface area contributed by atoms with Gasteiger partial charge < -0.3 is 5.32 Å². The van der Waals surface area contributed by atoms with Crippen LogP contribution >= 0.6 is 0 Å². The molecule has 1 N–H and O–H groups in total. The van der Waals surface area contributed by atoms with Gasteiger partial charge in [-0.2, -0.15) is 5.10 Å². The van der Waals surface area contributed by atoms with Crippen molar-refractivity contribution in [2.24, 2.45) is 0 Å². The van der Waals surface area contributed by atoms with Crippen molar-refractivity contribution in [3.8, 4) is 11.4 Å². The van der Waals surface area contributed by atoms with Gasteiger partial charge in [-0.1, -0.05) is 35.0 Å². The monoisotopic (exact) mass is 373 g/mol. The molecule has 0 aliphatic carbocycles. The number of benzene rings is 2. The Morgan fingerprint density at radius 2 is 1.71 bits per heavy atom. The number of aryl methyl sites for hydroxylation is 1. The molecule has 2 aromatic carbocycles. The second-order valence-electron chi connectivity index (χ2n) is 6.46. The Morgan fingerprint density at radius 3 is 2.39 bits per heavy atom. The van der Waals surface area contributed by atoms with E-state index < -0.39 is 0 Å². The molecule has 0 fully saturated rings. The number of hydrogen-bond donors (Lipinski definition) is 1. The molecular weight excluding hydrogens is 354 g/mol. The Morgan fingerprint density at radius 1 is 1.00 bits per heavy atom. The molecule has 4 aromatic rings. The molecule has 28 heavy (non-hydrogen) atoms. The van der Waals surface area contributed by atoms with Gasteiger partial charge in [0.2, 0.25) is 0 Å². The summed E-state index contributed by atoms with van der Waals surface area (Å²) in [5, 5.41) is 15.2. The lowest BCUT2D eigenvalue weighted by molar-refractivity contribution is 0.0945. The summed E-state index contributed by atoms with van der Waals surface area (Å²) in [6, 6.07) is 15.6. The number of nitrogens with zero attached hydrogens (tertiary/aromatic N) is 6. The Labute approximate surface area is 161 Å². The molecule has 0 aliphatic heterocycles. The Balaban J connectivity index is 1.43. The first-order valence-corrected chi connectivity index (χ1v) is 8.83. The lowest BCUT2D eigenvalue weighted by Crippen LogP contribution is -2.24. The maximum absolute atomic E-state index is 12.5. The number of amides is 1. The molecule has 4 rings (SSSR count). The van der Waals surface area contributed by atoms with Crippen molar-refractivity contribution in [3.05, 3.63) is 83.7 Å². The van der Waals surface area contributed by atoms with Crippen LogP contribution in [-0.2, 0) is 6.54 Å². The minimum atomic E-state index is -0.254. The fourth-order valence-electron chi connectivity index (χ4n) is 2.84. The molecule has 140 valence electrons. The van der Waals surface area contributed by atoms with Gasteiger partial charge in [-0.25, -0.2) is 14.3 Å². The molecule has 0 saturated heterocycles. The number of carbonyl (C=O) groups excluding carboxylic acids is 1. The van der Waals surface area contributed by atoms with Gasteiger partial charge >= 0.3 is 0 Å². The first-order valence-electron chi connectivity index (χ1n) is 8.83. The van der Waals surface area contributed by atoms with Crippen LogP contribution < -0.4 is 5.32 Å². The second-order valence-corrected chi connectivity index (χ2v) is 6.46. The smallest absolute Gasteiger partial charge is 0.274 e. The predicted molar refractivity (Wildman–Crippen MR) is 103 cm³/mol. The average Bonchev–Trinajstić information content (AvgIpc) is 3.37. The summed E-state index contributed by atoms with van der Waals surface area (Å²) >= 11 is 0. The molecule has 0 saturated carbocycles. The van der Waals surface area contributed by atoms with E-state index in [1.165, 1.54) is 6.33 Å². The Hall–Kier alpha value is -3.81. The van der Waals surface area contributed by atoms with Crippen molar-refractivity contribution in [1.82, 2.24) is 35.1 Å². The summed E-state index contributed by atoms with van der Waals surface area (Å²) in [5.41, 5.74) is 4.93. The van der Waals surface area contributed by atoms with Crippen LogP contribution in [0.25, 0.3) is 11.4 Å². The first kappa shape index (κ1) is 17.6. The van der Waals surface area contributed by atoms with Crippen LogP contribution in [0.3, 0.4) is 0 Å². The summed E-state index contributed by atoms with van der Waals surface area (Å²) in [6.45, 7) is 4.25. The fourth-order valence-corrected chi connectivity index (χ4v) is 2.84. The van der Waals surface area contributed by atoms with E-state index in [9.17, 15) is 4.79 Å². The highest BCUT2D eigenvalue weighted by molar-refractivity contribution is 5.93. The fraction of sp³-hybridized carbons (Fsp3) is 0.150. The molecule has 0 atom stereocenters. The minimum absolute atomic E-state index is 0.254. The van der Waals surface area contributed by atoms with E-state index in [2.05, 4.69) is 25.7 Å². The standard InChI is InChI=1S/C20H19N7O/c1-14-3-7-18(8-4-14)27-15(2)19(24-25-27)20(28)22-11-16-5-9-17(10-6-16)26-13-21-12-23-26/h3-10,12-13H,11H2,1-2H3,(H,22,28). The number of aromatic nitrogens is 6. The first-order chi connectivity index (χ1) is 13.6. The number of carbonyl (C=O) groups is 1. The molecule has 0 spiro atoms. The van der Waals surface area contributed by atoms with Crippen molar-refractivity contribution in [1.29, 1.82) is 0 Å². The highest BCUT2D eigenvalue weighted by Gasteiger charge is 2.17. The molecule has 8 heteroatoms. The normalized spacial score (nSPS) is 10.8. The number of nitrogens with one attached hydrogen (secondary N) is 1. The van der Waals surface area contributed by atoms with Gasteiger partial charge in [0, 0.05) is 6.54 Å². The van der Waals surface area contributed by atoms with E-state index in [0.717, 1.165) is 22.5 Å². The summed E-state index contributed by atoms with van der Waals surface area (Å²) in [5.74, 6) is -0.254. The number of rotatable bonds is 5. The summed E-state index contributed by atoms with van der Waals surface area (Å²) in [6.07, 6.45) is 3.12. The van der Waals surface area contributed by atoms with Gasteiger partial charge in [-0.15, -0.1) is 5.10 Å². The summed E-state index contributed by atoms with van der Waals surface area (Å²) in [7, 11) is 0. The predicted octanol–water partition coefficient (Wildman–Crippen LogP) is 2.39. The van der Waals surface area contributed by atoms with Gasteiger partial charge in [0.1, 0.15) is 12.7 Å². The van der Waals surface area contributed by atoms with Crippen LogP contribution in [0.1, 0.15) is 27.3 Å². The lowest BCUT2D eigenvalue weighted by atomic mass is 10.2. The van der Waals surface area contributed by atoms with Crippen LogP contribution in [0.15, 0.2) is 61.2 Å². The molecule has 0 aliphatic rings. The van der Waals surface area contributed by atoms with Gasteiger partial charge in [0.15, 0.2) is 5.69 Å². The van der Waals surface area contributed by atoms with Crippen molar-refractivity contribution in [2.75, 3.05) is 0 Å². The summed E-state index contributed by atoms with van der Waals surface area (Å²) in [4.78, 5) is 16.5. The van der Waals surface area contributed by atoms with Crippen LogP contribution in [0.5, 0.6) is 0 Å². The van der Waals surface area contributed by atoms with Crippen molar-refractivity contribution in [2.45, 2.75) is 20.4 Å². The van der Waals surface area contributed by atoms with E-state index >= 15 is 0 Å². The third-order valence-corrected chi connectivity index (χ3v) is 4.46. The van der Waals surface area contributed by atoms with E-state index in [1.54, 1.807) is 15.7 Å². The third-order valence-electron chi connectivity index (χ3n) is 4.46. The van der Waals surface area contributed by atoms with Gasteiger partial charge in [-0.05, 0) is 43.7 Å². The maximum atomic E-state index is 12.5. The Kier molecular flexibility index (Phi) is 4.67.